The Hall–Kier alpha value is -3.57. The van der Waals surface area contributed by atoms with Crippen LogP contribution in [0, 0.1) is 6.92 Å². The van der Waals surface area contributed by atoms with Gasteiger partial charge < -0.3 is 24.4 Å². The van der Waals surface area contributed by atoms with Gasteiger partial charge in [-0.05, 0) is 30.2 Å². The molecule has 10 heteroatoms. The van der Waals surface area contributed by atoms with Gasteiger partial charge in [-0.1, -0.05) is 78.4 Å². The minimum Gasteiger partial charge on any atom is -0.453 e. The number of aliphatic hydroxyl groups is 2. The summed E-state index contributed by atoms with van der Waals surface area (Å²) in [5, 5.41) is 24.5. The summed E-state index contributed by atoms with van der Waals surface area (Å²) in [5.74, 6) is -1.75. The molecule has 5 atom stereocenters. The van der Waals surface area contributed by atoms with Gasteiger partial charge in [-0.25, -0.2) is 8.42 Å². The van der Waals surface area contributed by atoms with Crippen molar-refractivity contribution in [2.45, 2.75) is 67.5 Å². The predicted molar refractivity (Wildman–Crippen MR) is 145 cm³/mol. The van der Waals surface area contributed by atoms with Gasteiger partial charge >= 0.3 is 11.9 Å². The van der Waals surface area contributed by atoms with Gasteiger partial charge in [-0.2, -0.15) is 0 Å². The fraction of sp³-hybridized carbons (Fsp3) is 0.333. The molecule has 1 aliphatic heterocycles. The fourth-order valence-electron chi connectivity index (χ4n) is 5.18. The second-order valence-corrected chi connectivity index (χ2v) is 12.0. The number of sulfone groups is 1. The van der Waals surface area contributed by atoms with Gasteiger partial charge in [0, 0.05) is 26.7 Å². The molecule has 4 rings (SSSR count). The van der Waals surface area contributed by atoms with E-state index in [0.717, 1.165) is 19.4 Å². The van der Waals surface area contributed by atoms with Crippen LogP contribution in [0.3, 0.4) is 0 Å². The molecule has 1 aliphatic rings. The maximum atomic E-state index is 14.6. The van der Waals surface area contributed by atoms with Crippen LogP contribution in [0.5, 0.6) is 0 Å². The smallest absolute Gasteiger partial charge is 0.305 e. The van der Waals surface area contributed by atoms with Gasteiger partial charge in [0.05, 0.1) is 4.90 Å². The van der Waals surface area contributed by atoms with Crippen molar-refractivity contribution in [3.8, 4) is 0 Å². The maximum Gasteiger partial charge on any atom is 0.305 e. The summed E-state index contributed by atoms with van der Waals surface area (Å²) < 4.78 is 46.1. The lowest BCUT2D eigenvalue weighted by Gasteiger charge is -2.44. The van der Waals surface area contributed by atoms with Crippen molar-refractivity contribution < 1.29 is 42.4 Å². The topological polar surface area (TPSA) is 136 Å². The number of benzene rings is 3. The van der Waals surface area contributed by atoms with Gasteiger partial charge in [-0.15, -0.1) is 0 Å². The Morgan fingerprint density at radius 2 is 1.40 bits per heavy atom. The molecule has 3 aromatic carbocycles. The number of aryl methyl sites for hydroxylation is 1. The van der Waals surface area contributed by atoms with Crippen molar-refractivity contribution in [2.75, 3.05) is 0 Å². The van der Waals surface area contributed by atoms with Gasteiger partial charge in [0.2, 0.25) is 21.1 Å². The van der Waals surface area contributed by atoms with Crippen molar-refractivity contribution in [3.63, 3.8) is 0 Å². The summed E-state index contributed by atoms with van der Waals surface area (Å²) in [7, 11) is -4.81. The van der Waals surface area contributed by atoms with Crippen LogP contribution in [-0.4, -0.2) is 59.6 Å². The molecular formula is C30H32O9S. The zero-order valence-corrected chi connectivity index (χ0v) is 23.2. The van der Waals surface area contributed by atoms with Crippen LogP contribution in [0.4, 0.5) is 0 Å². The van der Waals surface area contributed by atoms with E-state index in [1.165, 1.54) is 12.1 Å². The molecule has 1 fully saturated rings. The second kappa shape index (κ2) is 11.5. The molecular weight excluding hydrogens is 536 g/mol. The summed E-state index contributed by atoms with van der Waals surface area (Å²) in [6, 6.07) is 22.8. The Bertz CT molecular complexity index is 1440. The molecule has 212 valence electrons. The van der Waals surface area contributed by atoms with Gasteiger partial charge in [-0.3, -0.25) is 9.59 Å². The number of aliphatic hydroxyl groups excluding tert-OH is 1. The normalized spacial score (nSPS) is 25.2. The van der Waals surface area contributed by atoms with Crippen LogP contribution in [-0.2, 0) is 46.5 Å². The first-order valence-electron chi connectivity index (χ1n) is 12.7. The quantitative estimate of drug-likeness (QED) is 0.374. The Kier molecular flexibility index (Phi) is 8.46. The van der Waals surface area contributed by atoms with Crippen molar-refractivity contribution in [2.24, 2.45) is 0 Å². The van der Waals surface area contributed by atoms with Crippen LogP contribution in [0.15, 0.2) is 89.8 Å². The summed E-state index contributed by atoms with van der Waals surface area (Å²) in [5.41, 5.74) is -0.832. The minimum absolute atomic E-state index is 0.248. The summed E-state index contributed by atoms with van der Waals surface area (Å²) in [4.78, 5) is 21.3. The number of carbonyl (C=O) groups is 2. The van der Waals surface area contributed by atoms with E-state index in [0.29, 0.717) is 11.1 Å². The SMILES string of the molecule is CC(=O)O[C@H]1O[C@@](C(O)Cc2ccccc2)(S(=O)(=O)c2ccc(C)cc2)[C@](O)(Cc2ccccc2)[C@H]1OC(C)=O. The van der Waals surface area contributed by atoms with Crippen molar-refractivity contribution in [3.05, 3.63) is 102 Å². The van der Waals surface area contributed by atoms with E-state index in [4.69, 9.17) is 14.2 Å². The molecule has 0 radical (unpaired) electrons. The highest BCUT2D eigenvalue weighted by molar-refractivity contribution is 7.92. The lowest BCUT2D eigenvalue weighted by molar-refractivity contribution is -0.203. The third kappa shape index (κ3) is 5.40. The van der Waals surface area contributed by atoms with E-state index in [2.05, 4.69) is 0 Å². The molecule has 0 aromatic heterocycles. The first kappa shape index (κ1) is 29.4. The number of rotatable bonds is 9. The molecule has 3 aromatic rings. The van der Waals surface area contributed by atoms with Gasteiger partial charge in [0.25, 0.3) is 0 Å². The van der Waals surface area contributed by atoms with Gasteiger partial charge in [0.1, 0.15) is 6.10 Å². The largest absolute Gasteiger partial charge is 0.453 e. The second-order valence-electron chi connectivity index (χ2n) is 9.90. The lowest BCUT2D eigenvalue weighted by atomic mass is 9.81. The number of ether oxygens (including phenoxy) is 3. The Morgan fingerprint density at radius 1 is 0.875 bits per heavy atom. The molecule has 0 spiro atoms. The van der Waals surface area contributed by atoms with E-state index in [1.807, 2.05) is 0 Å². The van der Waals surface area contributed by atoms with E-state index >= 15 is 0 Å². The highest BCUT2D eigenvalue weighted by Gasteiger charge is 2.76. The first-order chi connectivity index (χ1) is 18.9. The summed E-state index contributed by atoms with van der Waals surface area (Å²) in [6.45, 7) is 3.92. The molecule has 9 nitrogen and oxygen atoms in total. The number of esters is 2. The highest BCUT2D eigenvalue weighted by Crippen LogP contribution is 2.52. The van der Waals surface area contributed by atoms with E-state index in [-0.39, 0.29) is 11.3 Å². The summed E-state index contributed by atoms with van der Waals surface area (Å²) >= 11 is 0. The van der Waals surface area contributed by atoms with Crippen LogP contribution in [0.1, 0.15) is 30.5 Å². The van der Waals surface area contributed by atoms with Crippen molar-refractivity contribution >= 4 is 21.8 Å². The molecule has 0 amide bonds. The molecule has 0 bridgehead atoms. The van der Waals surface area contributed by atoms with E-state index < -0.39 is 57.2 Å². The number of carbonyl (C=O) groups excluding carboxylic acids is 2. The first-order valence-corrected chi connectivity index (χ1v) is 14.2. The molecule has 1 unspecified atom stereocenters. The molecule has 40 heavy (non-hydrogen) atoms. The molecule has 1 heterocycles. The Balaban J connectivity index is 2.02. The maximum absolute atomic E-state index is 14.6. The third-order valence-corrected chi connectivity index (χ3v) is 9.36. The minimum atomic E-state index is -4.81. The zero-order valence-electron chi connectivity index (χ0n) is 22.4. The van der Waals surface area contributed by atoms with Gasteiger partial charge in [0.15, 0.2) is 11.7 Å². The third-order valence-electron chi connectivity index (χ3n) is 6.95. The molecule has 0 aliphatic carbocycles. The zero-order chi connectivity index (χ0) is 29.1. The Morgan fingerprint density at radius 3 is 1.93 bits per heavy atom. The molecule has 2 N–H and O–H groups in total. The van der Waals surface area contributed by atoms with E-state index in [9.17, 15) is 28.2 Å². The lowest BCUT2D eigenvalue weighted by Crippen LogP contribution is -2.68. The fourth-order valence-corrected chi connectivity index (χ4v) is 7.34. The average Bonchev–Trinajstić information content (AvgIpc) is 3.13. The van der Waals surface area contributed by atoms with Crippen molar-refractivity contribution in [1.29, 1.82) is 0 Å². The van der Waals surface area contributed by atoms with Crippen LogP contribution in [0.25, 0.3) is 0 Å². The number of hydrogen-bond acceptors (Lipinski definition) is 9. The standard InChI is InChI=1S/C30H32O9S/c1-20-14-16-25(17-15-20)40(35,36)30(26(33)18-23-10-6-4-7-11-23)29(34,19-24-12-8-5-9-13-24)27(37-21(2)31)28(39-30)38-22(3)32/h4-17,26-28,33-34H,18-19H2,1-3H3/t26?,27-,28-,29-,30-/m0/s1. The van der Waals surface area contributed by atoms with Crippen LogP contribution in [0.2, 0.25) is 0 Å². The highest BCUT2D eigenvalue weighted by atomic mass is 32.2. The molecule has 0 saturated carbocycles. The Labute approximate surface area is 233 Å². The molecule has 1 saturated heterocycles. The van der Waals surface area contributed by atoms with Crippen molar-refractivity contribution in [1.82, 2.24) is 0 Å². The predicted octanol–water partition coefficient (Wildman–Crippen LogP) is 2.89. The van der Waals surface area contributed by atoms with E-state index in [1.54, 1.807) is 79.7 Å². The summed E-state index contributed by atoms with van der Waals surface area (Å²) in [6.07, 6.45) is -6.25. The average molecular weight is 569 g/mol. The van der Waals surface area contributed by atoms with Crippen LogP contribution >= 0.6 is 0 Å². The number of hydrogen-bond donors (Lipinski definition) is 2. The van der Waals surface area contributed by atoms with Crippen LogP contribution < -0.4 is 0 Å². The monoisotopic (exact) mass is 568 g/mol.